The number of hydrogen-bond acceptors (Lipinski definition) is 6. The predicted molar refractivity (Wildman–Crippen MR) is 132 cm³/mol. The number of furan rings is 1. The van der Waals surface area contributed by atoms with Gasteiger partial charge in [-0.2, -0.15) is 5.10 Å². The maximum atomic E-state index is 13.4. The van der Waals surface area contributed by atoms with Crippen LogP contribution in [0, 0.1) is 0 Å². The Hall–Kier alpha value is -4.30. The molecule has 0 aliphatic rings. The zero-order valence-electron chi connectivity index (χ0n) is 19.3. The lowest BCUT2D eigenvalue weighted by molar-refractivity contribution is 0.0951. The number of rotatable bonds is 9. The van der Waals surface area contributed by atoms with Gasteiger partial charge in [0.25, 0.3) is 5.91 Å². The summed E-state index contributed by atoms with van der Waals surface area (Å²) in [6.07, 6.45) is 6.73. The first kappa shape index (κ1) is 22.5. The van der Waals surface area contributed by atoms with Crippen molar-refractivity contribution in [1.29, 1.82) is 0 Å². The zero-order chi connectivity index (χ0) is 24.0. The Morgan fingerprint density at radius 1 is 1.09 bits per heavy atom. The molecule has 5 aromatic rings. The molecule has 176 valence electrons. The van der Waals surface area contributed by atoms with E-state index in [4.69, 9.17) is 14.1 Å². The summed E-state index contributed by atoms with van der Waals surface area (Å²) in [4.78, 5) is 22.5. The van der Waals surface area contributed by atoms with E-state index in [2.05, 4.69) is 15.4 Å². The van der Waals surface area contributed by atoms with Crippen molar-refractivity contribution in [3.63, 3.8) is 0 Å². The fourth-order valence-corrected chi connectivity index (χ4v) is 3.92. The fourth-order valence-electron chi connectivity index (χ4n) is 3.92. The molecule has 0 saturated carbocycles. The standard InChI is InChI=1S/C27H25N5O3/c1-2-34-18-21-8-4-3-7-19(21)15-29-27(33)23-13-25(20-9-5-11-28-14-20)31-26-24(23)16-30-32(26)17-22-10-6-12-35-22/h3-14,16H,2,15,17-18H2,1H3,(H,29,33). The van der Waals surface area contributed by atoms with Crippen molar-refractivity contribution < 1.29 is 13.9 Å². The Morgan fingerprint density at radius 2 is 1.97 bits per heavy atom. The molecule has 1 N–H and O–H groups in total. The average Bonchev–Trinajstić information content (AvgIpc) is 3.57. The van der Waals surface area contributed by atoms with Gasteiger partial charge in [-0.15, -0.1) is 0 Å². The molecule has 8 heteroatoms. The molecule has 5 rings (SSSR count). The van der Waals surface area contributed by atoms with Crippen molar-refractivity contribution in [3.05, 3.63) is 102 Å². The second kappa shape index (κ2) is 10.3. The third-order valence-corrected chi connectivity index (χ3v) is 5.72. The fraction of sp³-hybridized carbons (Fsp3) is 0.185. The van der Waals surface area contributed by atoms with Crippen molar-refractivity contribution >= 4 is 16.9 Å². The van der Waals surface area contributed by atoms with Crippen LogP contribution in [0.5, 0.6) is 0 Å². The summed E-state index contributed by atoms with van der Waals surface area (Å²) in [6, 6.07) is 17.2. The van der Waals surface area contributed by atoms with Crippen LogP contribution in [0.3, 0.4) is 0 Å². The van der Waals surface area contributed by atoms with Crippen LogP contribution in [-0.4, -0.2) is 32.3 Å². The quantitative estimate of drug-likeness (QED) is 0.340. The summed E-state index contributed by atoms with van der Waals surface area (Å²) in [6.45, 7) is 3.90. The van der Waals surface area contributed by atoms with E-state index in [1.807, 2.05) is 55.5 Å². The van der Waals surface area contributed by atoms with Gasteiger partial charge >= 0.3 is 0 Å². The Labute approximate surface area is 202 Å². The first-order valence-electron chi connectivity index (χ1n) is 11.4. The molecule has 8 nitrogen and oxygen atoms in total. The van der Waals surface area contributed by atoms with E-state index >= 15 is 0 Å². The minimum Gasteiger partial charge on any atom is -0.467 e. The summed E-state index contributed by atoms with van der Waals surface area (Å²) in [5.41, 5.74) is 4.63. The lowest BCUT2D eigenvalue weighted by Crippen LogP contribution is -2.24. The van der Waals surface area contributed by atoms with Crippen molar-refractivity contribution in [2.45, 2.75) is 26.6 Å². The van der Waals surface area contributed by atoms with Gasteiger partial charge in [0.2, 0.25) is 0 Å². The van der Waals surface area contributed by atoms with Crippen LogP contribution >= 0.6 is 0 Å². The monoisotopic (exact) mass is 467 g/mol. The van der Waals surface area contributed by atoms with Crippen LogP contribution in [-0.2, 0) is 24.4 Å². The maximum absolute atomic E-state index is 13.4. The molecule has 0 unspecified atom stereocenters. The smallest absolute Gasteiger partial charge is 0.252 e. The molecule has 4 aromatic heterocycles. The lowest BCUT2D eigenvalue weighted by Gasteiger charge is -2.12. The average molecular weight is 468 g/mol. The Balaban J connectivity index is 1.49. The van der Waals surface area contributed by atoms with E-state index in [1.165, 1.54) is 0 Å². The van der Waals surface area contributed by atoms with Crippen molar-refractivity contribution in [2.24, 2.45) is 0 Å². The van der Waals surface area contributed by atoms with E-state index in [0.29, 0.717) is 48.6 Å². The number of nitrogens with zero attached hydrogens (tertiary/aromatic N) is 4. The lowest BCUT2D eigenvalue weighted by atomic mass is 10.1. The van der Waals surface area contributed by atoms with Crippen molar-refractivity contribution in [3.8, 4) is 11.3 Å². The minimum absolute atomic E-state index is 0.202. The normalized spacial score (nSPS) is 11.1. The Bertz CT molecular complexity index is 1430. The van der Waals surface area contributed by atoms with E-state index in [0.717, 1.165) is 22.5 Å². The van der Waals surface area contributed by atoms with Gasteiger partial charge in [0.05, 0.1) is 35.7 Å². The molecule has 0 bridgehead atoms. The number of pyridine rings is 2. The summed E-state index contributed by atoms with van der Waals surface area (Å²) in [5.74, 6) is 0.548. The number of nitrogens with one attached hydrogen (secondary N) is 1. The van der Waals surface area contributed by atoms with Crippen LogP contribution in [0.1, 0.15) is 34.2 Å². The highest BCUT2D eigenvalue weighted by Gasteiger charge is 2.18. The molecule has 0 spiro atoms. The van der Waals surface area contributed by atoms with Crippen LogP contribution in [0.15, 0.2) is 83.9 Å². The van der Waals surface area contributed by atoms with E-state index in [-0.39, 0.29) is 5.91 Å². The van der Waals surface area contributed by atoms with Crippen LogP contribution in [0.4, 0.5) is 0 Å². The number of fused-ring (bicyclic) bond motifs is 1. The molecule has 0 fully saturated rings. The maximum Gasteiger partial charge on any atom is 0.252 e. The van der Waals surface area contributed by atoms with Crippen LogP contribution < -0.4 is 5.32 Å². The zero-order valence-corrected chi connectivity index (χ0v) is 19.3. The van der Waals surface area contributed by atoms with E-state index < -0.39 is 0 Å². The highest BCUT2D eigenvalue weighted by molar-refractivity contribution is 6.06. The first-order valence-corrected chi connectivity index (χ1v) is 11.4. The summed E-state index contributed by atoms with van der Waals surface area (Å²) in [7, 11) is 0. The van der Waals surface area contributed by atoms with Crippen molar-refractivity contribution in [2.75, 3.05) is 6.61 Å². The molecule has 0 saturated heterocycles. The number of benzene rings is 1. The molecule has 4 heterocycles. The number of hydrogen-bond donors (Lipinski definition) is 1. The van der Waals surface area contributed by atoms with E-state index in [1.54, 1.807) is 35.6 Å². The molecule has 0 radical (unpaired) electrons. The van der Waals surface area contributed by atoms with Gasteiger partial charge in [0, 0.05) is 31.1 Å². The topological polar surface area (TPSA) is 95.1 Å². The van der Waals surface area contributed by atoms with Gasteiger partial charge in [-0.1, -0.05) is 24.3 Å². The minimum atomic E-state index is -0.202. The molecule has 1 aromatic carbocycles. The van der Waals surface area contributed by atoms with Gasteiger partial charge in [-0.05, 0) is 48.4 Å². The largest absolute Gasteiger partial charge is 0.467 e. The SMILES string of the molecule is CCOCc1ccccc1CNC(=O)c1cc(-c2cccnc2)nc2c1cnn2Cc1ccco1. The summed E-state index contributed by atoms with van der Waals surface area (Å²) < 4.78 is 12.8. The van der Waals surface area contributed by atoms with Gasteiger partial charge in [0.1, 0.15) is 12.3 Å². The highest BCUT2D eigenvalue weighted by atomic mass is 16.5. The second-order valence-corrected chi connectivity index (χ2v) is 8.00. The van der Waals surface area contributed by atoms with Gasteiger partial charge < -0.3 is 14.5 Å². The summed E-state index contributed by atoms with van der Waals surface area (Å²) >= 11 is 0. The number of ether oxygens (including phenoxy) is 1. The van der Waals surface area contributed by atoms with Gasteiger partial charge in [-0.3, -0.25) is 9.78 Å². The first-order chi connectivity index (χ1) is 17.2. The van der Waals surface area contributed by atoms with Crippen LogP contribution in [0.2, 0.25) is 0 Å². The Kier molecular flexibility index (Phi) is 6.63. The summed E-state index contributed by atoms with van der Waals surface area (Å²) in [5, 5.41) is 8.23. The molecular weight excluding hydrogens is 442 g/mol. The molecule has 0 aliphatic carbocycles. The second-order valence-electron chi connectivity index (χ2n) is 8.00. The number of carbonyl (C=O) groups excluding carboxylic acids is 1. The number of carbonyl (C=O) groups is 1. The Morgan fingerprint density at radius 3 is 2.74 bits per heavy atom. The third kappa shape index (κ3) is 4.97. The van der Waals surface area contributed by atoms with E-state index in [9.17, 15) is 4.79 Å². The van der Waals surface area contributed by atoms with Crippen molar-refractivity contribution in [1.82, 2.24) is 25.1 Å². The molecular formula is C27H25N5O3. The highest BCUT2D eigenvalue weighted by Crippen LogP contribution is 2.25. The molecule has 35 heavy (non-hydrogen) atoms. The van der Waals surface area contributed by atoms with Gasteiger partial charge in [-0.25, -0.2) is 9.67 Å². The third-order valence-electron chi connectivity index (χ3n) is 5.72. The molecule has 0 aliphatic heterocycles. The predicted octanol–water partition coefficient (Wildman–Crippen LogP) is 4.60. The van der Waals surface area contributed by atoms with Crippen LogP contribution in [0.25, 0.3) is 22.3 Å². The van der Waals surface area contributed by atoms with Gasteiger partial charge in [0.15, 0.2) is 5.65 Å². The molecule has 1 amide bonds. The molecule has 0 atom stereocenters. The number of amides is 1. The number of aromatic nitrogens is 4.